The predicted octanol–water partition coefficient (Wildman–Crippen LogP) is 1.67. The first-order chi connectivity index (χ1) is 8.79. The SMILES string of the molecule is CC(C)(C)NC(=O)C1C2C=CC(C3CC23)C1C(=O)O. The van der Waals surface area contributed by atoms with Gasteiger partial charge in [0, 0.05) is 5.54 Å². The fraction of sp³-hybridized carbons (Fsp3) is 0.733. The maximum absolute atomic E-state index is 12.5. The van der Waals surface area contributed by atoms with Gasteiger partial charge < -0.3 is 10.4 Å². The Bertz CT molecular complexity index is 463. The molecule has 4 aliphatic rings. The molecule has 0 aromatic heterocycles. The number of carboxylic acids is 1. The lowest BCUT2D eigenvalue weighted by Gasteiger charge is -2.42. The van der Waals surface area contributed by atoms with Crippen LogP contribution in [0.1, 0.15) is 27.2 Å². The summed E-state index contributed by atoms with van der Waals surface area (Å²) in [5, 5.41) is 12.5. The van der Waals surface area contributed by atoms with Crippen LogP contribution in [0.4, 0.5) is 0 Å². The van der Waals surface area contributed by atoms with Crippen LogP contribution in [-0.2, 0) is 9.59 Å². The van der Waals surface area contributed by atoms with Crippen LogP contribution in [0, 0.1) is 35.5 Å². The van der Waals surface area contributed by atoms with E-state index in [2.05, 4.69) is 11.4 Å². The lowest BCUT2D eigenvalue weighted by molar-refractivity contribution is -0.153. The minimum atomic E-state index is -0.821. The Kier molecular flexibility index (Phi) is 2.57. The molecule has 2 fully saturated rings. The van der Waals surface area contributed by atoms with Crippen molar-refractivity contribution in [1.29, 1.82) is 0 Å². The van der Waals surface area contributed by atoms with E-state index in [0.29, 0.717) is 11.8 Å². The van der Waals surface area contributed by atoms with Crippen molar-refractivity contribution < 1.29 is 14.7 Å². The standard InChI is InChI=1S/C15H21NO3/c1-15(2,3)16-13(17)11-7-4-5-8(10-6-9(7)10)12(11)14(18)19/h4-5,7-12H,6H2,1-3H3,(H,16,17)(H,18,19). The van der Waals surface area contributed by atoms with Crippen molar-refractivity contribution in [2.24, 2.45) is 35.5 Å². The summed E-state index contributed by atoms with van der Waals surface area (Å²) in [5.74, 6) is -0.613. The largest absolute Gasteiger partial charge is 0.481 e. The van der Waals surface area contributed by atoms with Gasteiger partial charge in [0.25, 0.3) is 0 Å². The van der Waals surface area contributed by atoms with Crippen molar-refractivity contribution in [3.8, 4) is 0 Å². The summed E-state index contributed by atoms with van der Waals surface area (Å²) in [6.07, 6.45) is 5.22. The summed E-state index contributed by atoms with van der Waals surface area (Å²) in [6, 6.07) is 0. The first kappa shape index (κ1) is 12.7. The zero-order valence-electron chi connectivity index (χ0n) is 11.6. The van der Waals surface area contributed by atoms with Crippen molar-refractivity contribution in [3.63, 3.8) is 0 Å². The van der Waals surface area contributed by atoms with Crippen LogP contribution in [0.5, 0.6) is 0 Å². The van der Waals surface area contributed by atoms with Crippen molar-refractivity contribution >= 4 is 11.9 Å². The molecular formula is C15H21NO3. The van der Waals surface area contributed by atoms with Crippen LogP contribution in [0.25, 0.3) is 0 Å². The molecule has 0 heterocycles. The molecular weight excluding hydrogens is 242 g/mol. The lowest BCUT2D eigenvalue weighted by Crippen LogP contribution is -2.53. The Morgan fingerprint density at radius 1 is 1.11 bits per heavy atom. The molecule has 6 atom stereocenters. The van der Waals surface area contributed by atoms with Gasteiger partial charge in [-0.2, -0.15) is 0 Å². The van der Waals surface area contributed by atoms with Crippen LogP contribution >= 0.6 is 0 Å². The third kappa shape index (κ3) is 1.97. The molecule has 0 radical (unpaired) electrons. The van der Waals surface area contributed by atoms with Crippen LogP contribution < -0.4 is 5.32 Å². The van der Waals surface area contributed by atoms with Gasteiger partial charge in [0.05, 0.1) is 11.8 Å². The third-order valence-electron chi connectivity index (χ3n) is 4.74. The molecule has 0 saturated heterocycles. The second-order valence-electron chi connectivity index (χ2n) is 7.23. The van der Waals surface area contributed by atoms with E-state index in [9.17, 15) is 14.7 Å². The number of allylic oxidation sites excluding steroid dienone is 2. The van der Waals surface area contributed by atoms with Crippen LogP contribution in [-0.4, -0.2) is 22.5 Å². The van der Waals surface area contributed by atoms with E-state index in [1.165, 1.54) is 0 Å². The average molecular weight is 263 g/mol. The van der Waals surface area contributed by atoms with E-state index < -0.39 is 17.8 Å². The monoisotopic (exact) mass is 263 g/mol. The third-order valence-corrected chi connectivity index (χ3v) is 4.74. The molecule has 1 amide bonds. The zero-order chi connectivity index (χ0) is 13.9. The number of hydrogen-bond donors (Lipinski definition) is 2. The molecule has 0 spiro atoms. The van der Waals surface area contributed by atoms with Crippen LogP contribution in [0.2, 0.25) is 0 Å². The maximum Gasteiger partial charge on any atom is 0.307 e. The summed E-state index contributed by atoms with van der Waals surface area (Å²) in [4.78, 5) is 24.0. The van der Waals surface area contributed by atoms with Gasteiger partial charge >= 0.3 is 5.97 Å². The van der Waals surface area contributed by atoms with Crippen LogP contribution in [0.3, 0.4) is 0 Å². The van der Waals surface area contributed by atoms with Gasteiger partial charge in [-0.1, -0.05) is 12.2 Å². The quantitative estimate of drug-likeness (QED) is 0.745. The number of carbonyl (C=O) groups is 2. The van der Waals surface area contributed by atoms with Gasteiger partial charge in [0.15, 0.2) is 0 Å². The molecule has 4 aliphatic carbocycles. The second-order valence-corrected chi connectivity index (χ2v) is 7.23. The Morgan fingerprint density at radius 3 is 2.11 bits per heavy atom. The van der Waals surface area contributed by atoms with Crippen molar-refractivity contribution in [1.82, 2.24) is 5.32 Å². The fourth-order valence-corrected chi connectivity index (χ4v) is 4.02. The van der Waals surface area contributed by atoms with E-state index in [0.717, 1.165) is 6.42 Å². The summed E-state index contributed by atoms with van der Waals surface area (Å²) in [7, 11) is 0. The van der Waals surface area contributed by atoms with E-state index in [1.807, 2.05) is 26.8 Å². The van der Waals surface area contributed by atoms with E-state index in [1.54, 1.807) is 0 Å². The number of rotatable bonds is 2. The second kappa shape index (κ2) is 3.84. The Labute approximate surface area is 113 Å². The molecule has 4 rings (SSSR count). The topological polar surface area (TPSA) is 66.4 Å². The molecule has 0 aromatic carbocycles. The van der Waals surface area contributed by atoms with Gasteiger partial charge in [-0.25, -0.2) is 0 Å². The zero-order valence-corrected chi connectivity index (χ0v) is 11.6. The minimum absolute atomic E-state index is 0.0585. The highest BCUT2D eigenvalue weighted by Gasteiger charge is 2.63. The summed E-state index contributed by atoms with van der Waals surface area (Å²) in [6.45, 7) is 5.78. The number of carboxylic acid groups (broad SMARTS) is 1. The summed E-state index contributed by atoms with van der Waals surface area (Å²) < 4.78 is 0. The maximum atomic E-state index is 12.5. The summed E-state index contributed by atoms with van der Waals surface area (Å²) >= 11 is 0. The molecule has 2 saturated carbocycles. The normalized spacial score (nSPS) is 42.7. The van der Waals surface area contributed by atoms with Crippen molar-refractivity contribution in [2.75, 3.05) is 0 Å². The average Bonchev–Trinajstić information content (AvgIpc) is 3.06. The molecule has 0 aliphatic heterocycles. The van der Waals surface area contributed by atoms with Crippen molar-refractivity contribution in [2.45, 2.75) is 32.7 Å². The fourth-order valence-electron chi connectivity index (χ4n) is 4.02. The van der Waals surface area contributed by atoms with Crippen molar-refractivity contribution in [3.05, 3.63) is 12.2 Å². The number of nitrogens with one attached hydrogen (secondary N) is 1. The number of amides is 1. The van der Waals surface area contributed by atoms with Gasteiger partial charge in [-0.05, 0) is 50.9 Å². The van der Waals surface area contributed by atoms with Gasteiger partial charge in [-0.15, -0.1) is 0 Å². The van der Waals surface area contributed by atoms with E-state index >= 15 is 0 Å². The predicted molar refractivity (Wildman–Crippen MR) is 70.2 cm³/mol. The summed E-state index contributed by atoms with van der Waals surface area (Å²) in [5.41, 5.74) is -0.316. The Morgan fingerprint density at radius 2 is 1.63 bits per heavy atom. The first-order valence-electron chi connectivity index (χ1n) is 7.03. The number of hydrogen-bond acceptors (Lipinski definition) is 2. The molecule has 19 heavy (non-hydrogen) atoms. The van der Waals surface area contributed by atoms with E-state index in [4.69, 9.17) is 0 Å². The number of carbonyl (C=O) groups excluding carboxylic acids is 1. The highest BCUT2D eigenvalue weighted by molar-refractivity contribution is 5.87. The lowest BCUT2D eigenvalue weighted by atomic mass is 9.62. The van der Waals surface area contributed by atoms with Gasteiger partial charge in [-0.3, -0.25) is 9.59 Å². The molecule has 4 nitrogen and oxygen atoms in total. The van der Waals surface area contributed by atoms with E-state index in [-0.39, 0.29) is 23.3 Å². The molecule has 4 heteroatoms. The first-order valence-corrected chi connectivity index (χ1v) is 7.03. The van der Waals surface area contributed by atoms with Gasteiger partial charge in [0.2, 0.25) is 5.91 Å². The minimum Gasteiger partial charge on any atom is -0.481 e. The number of fused-ring (bicyclic) bond motifs is 1. The molecule has 2 N–H and O–H groups in total. The number of aliphatic carboxylic acids is 1. The molecule has 2 bridgehead atoms. The highest BCUT2D eigenvalue weighted by atomic mass is 16.4. The Hall–Kier alpha value is -1.32. The van der Waals surface area contributed by atoms with Gasteiger partial charge in [0.1, 0.15) is 0 Å². The molecule has 0 aromatic rings. The van der Waals surface area contributed by atoms with Crippen LogP contribution in [0.15, 0.2) is 12.2 Å². The smallest absolute Gasteiger partial charge is 0.307 e. The highest BCUT2D eigenvalue weighted by Crippen LogP contribution is 2.63. The Balaban J connectivity index is 1.88. The molecule has 6 unspecified atom stereocenters. The molecule has 104 valence electrons.